The third-order valence-electron chi connectivity index (χ3n) is 1.77. The van der Waals surface area contributed by atoms with Gasteiger partial charge in [0.1, 0.15) is 0 Å². The molecule has 1 heterocycles. The van der Waals surface area contributed by atoms with Crippen LogP contribution in [0, 0.1) is 6.92 Å². The first-order chi connectivity index (χ1) is 5.74. The first-order valence-corrected chi connectivity index (χ1v) is 4.89. The van der Waals surface area contributed by atoms with Gasteiger partial charge in [-0.25, -0.2) is 4.98 Å². The van der Waals surface area contributed by atoms with E-state index in [2.05, 4.69) is 16.9 Å². The number of aromatic nitrogens is 1. The van der Waals surface area contributed by atoms with Gasteiger partial charge in [-0.3, -0.25) is 4.90 Å². The largest absolute Gasteiger partial charge is 0.329 e. The van der Waals surface area contributed by atoms with Gasteiger partial charge in [0.25, 0.3) is 0 Å². The van der Waals surface area contributed by atoms with Crippen LogP contribution in [-0.4, -0.2) is 30.0 Å². The molecule has 0 aromatic carbocycles. The first kappa shape index (κ1) is 9.64. The van der Waals surface area contributed by atoms with Crippen LogP contribution in [0.15, 0.2) is 5.51 Å². The van der Waals surface area contributed by atoms with E-state index in [4.69, 9.17) is 5.73 Å². The molecule has 0 aliphatic rings. The molecule has 2 N–H and O–H groups in total. The molecule has 0 amide bonds. The van der Waals surface area contributed by atoms with Gasteiger partial charge in [0.15, 0.2) is 0 Å². The molecule has 0 aliphatic heterocycles. The second-order valence-corrected chi connectivity index (χ2v) is 3.83. The highest BCUT2D eigenvalue weighted by Crippen LogP contribution is 2.13. The predicted molar refractivity (Wildman–Crippen MR) is 52.2 cm³/mol. The maximum atomic E-state index is 5.44. The number of thiazole rings is 1. The van der Waals surface area contributed by atoms with E-state index >= 15 is 0 Å². The highest BCUT2D eigenvalue weighted by Gasteiger charge is 2.03. The zero-order valence-corrected chi connectivity index (χ0v) is 8.40. The van der Waals surface area contributed by atoms with Crippen molar-refractivity contribution in [2.24, 2.45) is 5.73 Å². The van der Waals surface area contributed by atoms with E-state index in [-0.39, 0.29) is 0 Å². The average Bonchev–Trinajstić information content (AvgIpc) is 2.37. The zero-order valence-electron chi connectivity index (χ0n) is 7.58. The Morgan fingerprint density at radius 2 is 2.42 bits per heavy atom. The third kappa shape index (κ3) is 2.55. The van der Waals surface area contributed by atoms with Crippen LogP contribution in [0.3, 0.4) is 0 Å². The van der Waals surface area contributed by atoms with Crippen molar-refractivity contribution in [1.82, 2.24) is 9.88 Å². The van der Waals surface area contributed by atoms with Crippen LogP contribution in [0.4, 0.5) is 0 Å². The van der Waals surface area contributed by atoms with Gasteiger partial charge in [-0.05, 0) is 14.0 Å². The topological polar surface area (TPSA) is 42.2 Å². The van der Waals surface area contributed by atoms with Crippen LogP contribution in [0.1, 0.15) is 10.6 Å². The van der Waals surface area contributed by atoms with Gasteiger partial charge in [0.2, 0.25) is 0 Å². The number of hydrogen-bond donors (Lipinski definition) is 1. The van der Waals surface area contributed by atoms with Crippen molar-refractivity contribution in [3.8, 4) is 0 Å². The molecule has 0 radical (unpaired) electrons. The number of hydrogen-bond acceptors (Lipinski definition) is 4. The smallest absolute Gasteiger partial charge is 0.0798 e. The summed E-state index contributed by atoms with van der Waals surface area (Å²) in [6.07, 6.45) is 0. The molecular formula is C8H15N3S. The van der Waals surface area contributed by atoms with Gasteiger partial charge in [-0.1, -0.05) is 0 Å². The summed E-state index contributed by atoms with van der Waals surface area (Å²) in [4.78, 5) is 7.74. The lowest BCUT2D eigenvalue weighted by atomic mass is 10.3. The molecule has 0 saturated carbocycles. The fourth-order valence-corrected chi connectivity index (χ4v) is 1.88. The lowest BCUT2D eigenvalue weighted by molar-refractivity contribution is 0.338. The molecule has 1 aromatic rings. The maximum absolute atomic E-state index is 5.44. The van der Waals surface area contributed by atoms with E-state index < -0.39 is 0 Å². The predicted octanol–water partition coefficient (Wildman–Crippen LogP) is 0.842. The first-order valence-electron chi connectivity index (χ1n) is 4.01. The van der Waals surface area contributed by atoms with Crippen molar-refractivity contribution in [1.29, 1.82) is 0 Å². The van der Waals surface area contributed by atoms with Crippen LogP contribution >= 0.6 is 11.3 Å². The molecule has 68 valence electrons. The molecule has 0 atom stereocenters. The van der Waals surface area contributed by atoms with Gasteiger partial charge in [-0.15, -0.1) is 11.3 Å². The second kappa shape index (κ2) is 4.54. The Kier molecular flexibility index (Phi) is 3.65. The van der Waals surface area contributed by atoms with Crippen LogP contribution in [0.5, 0.6) is 0 Å². The molecule has 4 heteroatoms. The molecule has 12 heavy (non-hydrogen) atoms. The standard InChI is InChI=1S/C8H15N3S/c1-7-8(12-6-10-7)5-11(2)4-3-9/h6H,3-5,9H2,1-2H3. The summed E-state index contributed by atoms with van der Waals surface area (Å²) in [7, 11) is 2.08. The quantitative estimate of drug-likeness (QED) is 0.756. The van der Waals surface area contributed by atoms with Gasteiger partial charge in [0.05, 0.1) is 11.2 Å². The normalized spacial score (nSPS) is 11.0. The van der Waals surface area contributed by atoms with Gasteiger partial charge in [0, 0.05) is 24.5 Å². The Bertz CT molecular complexity index is 234. The van der Waals surface area contributed by atoms with E-state index in [0.29, 0.717) is 6.54 Å². The van der Waals surface area contributed by atoms with Crippen molar-refractivity contribution in [2.45, 2.75) is 13.5 Å². The Morgan fingerprint density at radius 3 is 2.92 bits per heavy atom. The lowest BCUT2D eigenvalue weighted by Gasteiger charge is -2.13. The minimum atomic E-state index is 0.717. The number of nitrogens with two attached hydrogens (primary N) is 1. The SMILES string of the molecule is Cc1ncsc1CN(C)CCN. The molecule has 3 nitrogen and oxygen atoms in total. The Labute approximate surface area is 77.2 Å². The highest BCUT2D eigenvalue weighted by atomic mass is 32.1. The van der Waals surface area contributed by atoms with Gasteiger partial charge in [-0.2, -0.15) is 0 Å². The zero-order chi connectivity index (χ0) is 8.97. The maximum Gasteiger partial charge on any atom is 0.0798 e. The van der Waals surface area contributed by atoms with Crippen molar-refractivity contribution in [3.63, 3.8) is 0 Å². The minimum absolute atomic E-state index is 0.717. The summed E-state index contributed by atoms with van der Waals surface area (Å²) >= 11 is 1.71. The van der Waals surface area contributed by atoms with Crippen LogP contribution < -0.4 is 5.73 Å². The Hall–Kier alpha value is -0.450. The fraction of sp³-hybridized carbons (Fsp3) is 0.625. The number of likely N-dealkylation sites (N-methyl/N-ethyl adjacent to an activating group) is 1. The molecule has 1 rings (SSSR count). The van der Waals surface area contributed by atoms with E-state index in [1.165, 1.54) is 4.88 Å². The minimum Gasteiger partial charge on any atom is -0.329 e. The Morgan fingerprint density at radius 1 is 1.67 bits per heavy atom. The number of nitrogens with zero attached hydrogens (tertiary/aromatic N) is 2. The third-order valence-corrected chi connectivity index (χ3v) is 2.69. The molecule has 0 unspecified atom stereocenters. The van der Waals surface area contributed by atoms with Crippen LogP contribution in [0.2, 0.25) is 0 Å². The van der Waals surface area contributed by atoms with Gasteiger partial charge >= 0.3 is 0 Å². The Balaban J connectivity index is 2.46. The summed E-state index contributed by atoms with van der Waals surface area (Å²) in [5.74, 6) is 0. The van der Waals surface area contributed by atoms with Crippen LogP contribution in [0.25, 0.3) is 0 Å². The van der Waals surface area contributed by atoms with Crippen LogP contribution in [-0.2, 0) is 6.54 Å². The summed E-state index contributed by atoms with van der Waals surface area (Å²) in [5.41, 5.74) is 8.47. The summed E-state index contributed by atoms with van der Waals surface area (Å²) < 4.78 is 0. The van der Waals surface area contributed by atoms with E-state index in [9.17, 15) is 0 Å². The summed E-state index contributed by atoms with van der Waals surface area (Å²) in [6, 6.07) is 0. The highest BCUT2D eigenvalue weighted by molar-refractivity contribution is 7.09. The molecule has 0 fully saturated rings. The molecule has 1 aromatic heterocycles. The van der Waals surface area contributed by atoms with Crippen molar-refractivity contribution in [2.75, 3.05) is 20.1 Å². The lowest BCUT2D eigenvalue weighted by Crippen LogP contribution is -2.24. The number of rotatable bonds is 4. The monoisotopic (exact) mass is 185 g/mol. The average molecular weight is 185 g/mol. The van der Waals surface area contributed by atoms with Crippen molar-refractivity contribution >= 4 is 11.3 Å². The summed E-state index contributed by atoms with van der Waals surface area (Å²) in [6.45, 7) is 4.67. The summed E-state index contributed by atoms with van der Waals surface area (Å²) in [5, 5.41) is 0. The molecule has 0 aliphatic carbocycles. The molecular weight excluding hydrogens is 170 g/mol. The fourth-order valence-electron chi connectivity index (χ4n) is 1.02. The number of aryl methyl sites for hydroxylation is 1. The molecule has 0 bridgehead atoms. The second-order valence-electron chi connectivity index (χ2n) is 2.89. The van der Waals surface area contributed by atoms with E-state index in [1.807, 2.05) is 12.4 Å². The molecule has 0 saturated heterocycles. The van der Waals surface area contributed by atoms with E-state index in [0.717, 1.165) is 18.8 Å². The van der Waals surface area contributed by atoms with Gasteiger partial charge < -0.3 is 5.73 Å². The van der Waals surface area contributed by atoms with Crippen molar-refractivity contribution < 1.29 is 0 Å². The van der Waals surface area contributed by atoms with E-state index in [1.54, 1.807) is 11.3 Å². The van der Waals surface area contributed by atoms with Crippen molar-refractivity contribution in [3.05, 3.63) is 16.1 Å². The molecule has 0 spiro atoms.